The minimum Gasteiger partial charge on any atom is -0.454 e. The third kappa shape index (κ3) is 4.20. The summed E-state index contributed by atoms with van der Waals surface area (Å²) in [4.78, 5) is 4.99. The molecule has 0 N–H and O–H groups in total. The Morgan fingerprint density at radius 2 is 1.77 bits per heavy atom. The molecule has 0 aliphatic carbocycles. The highest BCUT2D eigenvalue weighted by Crippen LogP contribution is 2.33. The minimum atomic E-state index is 0.215. The molecule has 162 valence electrons. The van der Waals surface area contributed by atoms with Crippen molar-refractivity contribution in [2.45, 2.75) is 32.4 Å². The Morgan fingerprint density at radius 3 is 2.58 bits per heavy atom. The molecule has 31 heavy (non-hydrogen) atoms. The van der Waals surface area contributed by atoms with Crippen molar-refractivity contribution in [3.05, 3.63) is 59.9 Å². The lowest BCUT2D eigenvalue weighted by Gasteiger charge is -2.39. The van der Waals surface area contributed by atoms with Gasteiger partial charge < -0.3 is 14.4 Å². The molecular weight excluding hydrogens is 392 g/mol. The van der Waals surface area contributed by atoms with Crippen LogP contribution in [0.15, 0.2) is 48.5 Å². The predicted octanol–water partition coefficient (Wildman–Crippen LogP) is 3.11. The molecule has 0 saturated carbocycles. The third-order valence-corrected chi connectivity index (χ3v) is 6.07. The summed E-state index contributed by atoms with van der Waals surface area (Å²) in [6, 6.07) is 16.9. The Bertz CT molecular complexity index is 1000. The van der Waals surface area contributed by atoms with Gasteiger partial charge in [-0.05, 0) is 46.7 Å². The minimum absolute atomic E-state index is 0.215. The van der Waals surface area contributed by atoms with Gasteiger partial charge in [0, 0.05) is 31.9 Å². The molecule has 2 aliphatic rings. The number of ether oxygens (including phenoxy) is 2. The molecule has 0 spiro atoms. The van der Waals surface area contributed by atoms with Gasteiger partial charge in [0.15, 0.2) is 17.3 Å². The Hall–Kier alpha value is -3.13. The van der Waals surface area contributed by atoms with E-state index in [-0.39, 0.29) is 12.8 Å². The van der Waals surface area contributed by atoms with Crippen molar-refractivity contribution in [3.63, 3.8) is 0 Å². The second kappa shape index (κ2) is 8.93. The fraction of sp³-hybridized carbons (Fsp3) is 0.435. The number of para-hydroxylation sites is 1. The monoisotopic (exact) mass is 420 g/mol. The summed E-state index contributed by atoms with van der Waals surface area (Å²) in [6.45, 7) is 7.12. The molecule has 3 aromatic rings. The van der Waals surface area contributed by atoms with Gasteiger partial charge in [-0.15, -0.1) is 5.10 Å². The van der Waals surface area contributed by atoms with Gasteiger partial charge in [0.05, 0.1) is 12.6 Å². The fourth-order valence-corrected chi connectivity index (χ4v) is 4.45. The predicted molar refractivity (Wildman–Crippen MR) is 117 cm³/mol. The summed E-state index contributed by atoms with van der Waals surface area (Å²) in [5.41, 5.74) is 2.39. The number of hydrogen-bond acceptors (Lipinski definition) is 7. The van der Waals surface area contributed by atoms with Crippen LogP contribution >= 0.6 is 0 Å². The van der Waals surface area contributed by atoms with Crippen LogP contribution in [0.5, 0.6) is 11.5 Å². The van der Waals surface area contributed by atoms with E-state index in [1.165, 1.54) is 5.69 Å². The summed E-state index contributed by atoms with van der Waals surface area (Å²) < 4.78 is 12.9. The topological polar surface area (TPSA) is 68.5 Å². The molecule has 8 heteroatoms. The van der Waals surface area contributed by atoms with Crippen molar-refractivity contribution in [1.82, 2.24) is 25.1 Å². The first-order valence-corrected chi connectivity index (χ1v) is 11.0. The van der Waals surface area contributed by atoms with Crippen LogP contribution in [0.25, 0.3) is 0 Å². The molecule has 5 rings (SSSR count). The van der Waals surface area contributed by atoms with Gasteiger partial charge in [0.1, 0.15) is 0 Å². The second-order valence-electron chi connectivity index (χ2n) is 8.05. The van der Waals surface area contributed by atoms with E-state index >= 15 is 0 Å². The lowest BCUT2D eigenvalue weighted by atomic mass is 10.1. The van der Waals surface area contributed by atoms with Gasteiger partial charge in [-0.25, -0.2) is 4.68 Å². The number of hydrogen-bond donors (Lipinski definition) is 0. The molecule has 2 aliphatic heterocycles. The molecule has 0 bridgehead atoms. The molecule has 1 unspecified atom stereocenters. The van der Waals surface area contributed by atoms with Crippen molar-refractivity contribution in [2.75, 3.05) is 37.9 Å². The molecule has 0 amide bonds. The number of piperazine rings is 1. The second-order valence-corrected chi connectivity index (χ2v) is 8.05. The number of rotatable bonds is 7. The molecule has 2 aromatic carbocycles. The summed E-state index contributed by atoms with van der Waals surface area (Å²) in [7, 11) is 0. The zero-order chi connectivity index (χ0) is 21.0. The molecule has 0 radical (unpaired) electrons. The SMILES string of the molecule is CCCC(c1nnnn1Cc1ccc2c(c1)OCO2)N1CCN(c2ccccc2)CC1. The maximum absolute atomic E-state index is 5.52. The zero-order valence-corrected chi connectivity index (χ0v) is 17.9. The van der Waals surface area contributed by atoms with Crippen molar-refractivity contribution < 1.29 is 9.47 Å². The van der Waals surface area contributed by atoms with Crippen LogP contribution in [-0.4, -0.2) is 58.1 Å². The van der Waals surface area contributed by atoms with Crippen molar-refractivity contribution in [2.24, 2.45) is 0 Å². The van der Waals surface area contributed by atoms with Crippen LogP contribution in [0.2, 0.25) is 0 Å². The highest BCUT2D eigenvalue weighted by Gasteiger charge is 2.29. The van der Waals surface area contributed by atoms with Crippen LogP contribution in [0.1, 0.15) is 37.2 Å². The van der Waals surface area contributed by atoms with E-state index in [2.05, 4.69) is 62.6 Å². The standard InChI is InChI=1S/C23H28N6O2/c1-2-6-20(28-13-11-27(12-14-28)19-7-4-3-5-8-19)23-24-25-26-29(23)16-18-9-10-21-22(15-18)31-17-30-21/h3-5,7-10,15,20H,2,6,11-14,16-17H2,1H3. The molecule has 1 atom stereocenters. The first-order valence-electron chi connectivity index (χ1n) is 11.0. The van der Waals surface area contributed by atoms with Crippen molar-refractivity contribution in [1.29, 1.82) is 0 Å². The van der Waals surface area contributed by atoms with Crippen molar-refractivity contribution in [3.8, 4) is 11.5 Å². The van der Waals surface area contributed by atoms with Gasteiger partial charge in [-0.2, -0.15) is 0 Å². The summed E-state index contributed by atoms with van der Waals surface area (Å²) in [5.74, 6) is 2.52. The Morgan fingerprint density at radius 1 is 0.968 bits per heavy atom. The number of nitrogens with zero attached hydrogens (tertiary/aromatic N) is 6. The number of tetrazole rings is 1. The number of aromatic nitrogens is 4. The van der Waals surface area contributed by atoms with Crippen LogP contribution < -0.4 is 14.4 Å². The molecule has 3 heterocycles. The fourth-order valence-electron chi connectivity index (χ4n) is 4.45. The Kier molecular flexibility index (Phi) is 5.71. The summed E-state index contributed by atoms with van der Waals surface area (Å²) >= 11 is 0. The lowest BCUT2D eigenvalue weighted by molar-refractivity contribution is 0.164. The van der Waals surface area contributed by atoms with Crippen LogP contribution in [0.4, 0.5) is 5.69 Å². The molecule has 1 fully saturated rings. The van der Waals surface area contributed by atoms with Gasteiger partial charge >= 0.3 is 0 Å². The zero-order valence-electron chi connectivity index (χ0n) is 17.9. The Labute approximate surface area is 182 Å². The first-order chi connectivity index (χ1) is 15.3. The molecule has 8 nitrogen and oxygen atoms in total. The maximum atomic E-state index is 5.52. The van der Waals surface area contributed by atoms with Gasteiger partial charge in [0.2, 0.25) is 6.79 Å². The molecular formula is C23H28N6O2. The number of benzene rings is 2. The average Bonchev–Trinajstić information content (AvgIpc) is 3.47. The maximum Gasteiger partial charge on any atom is 0.231 e. The first kappa shape index (κ1) is 19.8. The van der Waals surface area contributed by atoms with E-state index in [0.29, 0.717) is 6.54 Å². The lowest BCUT2D eigenvalue weighted by Crippen LogP contribution is -2.48. The van der Waals surface area contributed by atoms with E-state index in [0.717, 1.165) is 61.9 Å². The van der Waals surface area contributed by atoms with Crippen molar-refractivity contribution >= 4 is 5.69 Å². The van der Waals surface area contributed by atoms with E-state index in [1.807, 2.05) is 22.9 Å². The summed E-state index contributed by atoms with van der Waals surface area (Å²) in [5, 5.41) is 12.8. The smallest absolute Gasteiger partial charge is 0.231 e. The van der Waals surface area contributed by atoms with Gasteiger partial charge in [0.25, 0.3) is 0 Å². The van der Waals surface area contributed by atoms with Gasteiger partial charge in [-0.3, -0.25) is 4.90 Å². The van der Waals surface area contributed by atoms with E-state index in [1.54, 1.807) is 0 Å². The quantitative estimate of drug-likeness (QED) is 0.582. The Balaban J connectivity index is 1.31. The van der Waals surface area contributed by atoms with Crippen LogP contribution in [0.3, 0.4) is 0 Å². The highest BCUT2D eigenvalue weighted by molar-refractivity contribution is 5.46. The van der Waals surface area contributed by atoms with E-state index < -0.39 is 0 Å². The summed E-state index contributed by atoms with van der Waals surface area (Å²) in [6.07, 6.45) is 2.12. The molecule has 1 saturated heterocycles. The van der Waals surface area contributed by atoms with E-state index in [4.69, 9.17) is 9.47 Å². The number of fused-ring (bicyclic) bond motifs is 1. The third-order valence-electron chi connectivity index (χ3n) is 6.07. The van der Waals surface area contributed by atoms with E-state index in [9.17, 15) is 0 Å². The largest absolute Gasteiger partial charge is 0.454 e. The average molecular weight is 421 g/mol. The normalized spacial score (nSPS) is 17.1. The van der Waals surface area contributed by atoms with Crippen LogP contribution in [-0.2, 0) is 6.54 Å². The molecule has 1 aromatic heterocycles. The highest BCUT2D eigenvalue weighted by atomic mass is 16.7. The van der Waals surface area contributed by atoms with Gasteiger partial charge in [-0.1, -0.05) is 37.6 Å². The van der Waals surface area contributed by atoms with Crippen LogP contribution in [0, 0.1) is 0 Å². The number of anilines is 1.